The van der Waals surface area contributed by atoms with E-state index >= 15 is 0 Å². The largest absolute Gasteiger partial charge is 0.494 e. The Morgan fingerprint density at radius 2 is 2.14 bits per heavy atom. The molecule has 6 nitrogen and oxygen atoms in total. The van der Waals surface area contributed by atoms with Gasteiger partial charge in [-0.1, -0.05) is 17.8 Å². The molecule has 2 heterocycles. The van der Waals surface area contributed by atoms with E-state index in [1.807, 2.05) is 17.9 Å². The van der Waals surface area contributed by atoms with Crippen LogP contribution >= 0.6 is 11.8 Å². The van der Waals surface area contributed by atoms with Gasteiger partial charge in [0.2, 0.25) is 0 Å². The Bertz CT molecular complexity index is 885. The van der Waals surface area contributed by atoms with Crippen LogP contribution in [0.3, 0.4) is 0 Å². The molecule has 0 spiro atoms. The fourth-order valence-electron chi connectivity index (χ4n) is 2.38. The maximum absolute atomic E-state index is 12.6. The highest BCUT2D eigenvalue weighted by molar-refractivity contribution is 7.98. The monoisotopic (exact) mass is 316 g/mol. The molecular formula is C15H16N4O2S. The molecule has 0 aliphatic carbocycles. The molecule has 2 aromatic heterocycles. The number of nitrogens with zero attached hydrogens (tertiary/aromatic N) is 4. The Kier molecular flexibility index (Phi) is 3.89. The molecule has 114 valence electrons. The van der Waals surface area contributed by atoms with Gasteiger partial charge in [-0.2, -0.15) is 0 Å². The van der Waals surface area contributed by atoms with Gasteiger partial charge in [0.25, 0.3) is 5.56 Å². The lowest BCUT2D eigenvalue weighted by Gasteiger charge is -2.09. The van der Waals surface area contributed by atoms with Crippen molar-refractivity contribution in [1.29, 1.82) is 0 Å². The highest BCUT2D eigenvalue weighted by Crippen LogP contribution is 2.20. The first-order valence-electron chi connectivity index (χ1n) is 6.72. The van der Waals surface area contributed by atoms with Crippen LogP contribution in [0.25, 0.3) is 10.9 Å². The molecule has 7 heteroatoms. The van der Waals surface area contributed by atoms with Gasteiger partial charge in [-0.15, -0.1) is 0 Å². The molecule has 0 bridgehead atoms. The van der Waals surface area contributed by atoms with Crippen LogP contribution in [0.4, 0.5) is 0 Å². The van der Waals surface area contributed by atoms with Gasteiger partial charge in [0.15, 0.2) is 5.16 Å². The van der Waals surface area contributed by atoms with Crippen molar-refractivity contribution in [1.82, 2.24) is 19.1 Å². The van der Waals surface area contributed by atoms with Crippen molar-refractivity contribution >= 4 is 22.7 Å². The number of ether oxygens (including phenoxy) is 1. The number of imidazole rings is 1. The van der Waals surface area contributed by atoms with Crippen LogP contribution in [0.5, 0.6) is 5.75 Å². The lowest BCUT2D eigenvalue weighted by Crippen LogP contribution is -2.22. The molecule has 0 atom stereocenters. The van der Waals surface area contributed by atoms with Crippen molar-refractivity contribution in [3.8, 4) is 5.75 Å². The summed E-state index contributed by atoms with van der Waals surface area (Å²) in [4.78, 5) is 21.3. The molecule has 0 fully saturated rings. The van der Waals surface area contributed by atoms with E-state index in [1.165, 1.54) is 0 Å². The summed E-state index contributed by atoms with van der Waals surface area (Å²) < 4.78 is 8.82. The molecule has 0 saturated carbocycles. The molecule has 0 N–H and O–H groups in total. The second-order valence-corrected chi connectivity index (χ2v) is 5.60. The zero-order chi connectivity index (χ0) is 15.7. The van der Waals surface area contributed by atoms with Crippen molar-refractivity contribution < 1.29 is 4.74 Å². The van der Waals surface area contributed by atoms with Gasteiger partial charge >= 0.3 is 0 Å². The Balaban J connectivity index is 2.07. The SMILES string of the molecule is COc1cccc2c(=O)n(Cc3cnc(SC)n3C)cnc12. The van der Waals surface area contributed by atoms with Crippen LogP contribution < -0.4 is 10.3 Å². The van der Waals surface area contributed by atoms with E-state index in [4.69, 9.17) is 4.74 Å². The van der Waals surface area contributed by atoms with Crippen molar-refractivity contribution in [3.05, 3.63) is 46.8 Å². The number of benzene rings is 1. The van der Waals surface area contributed by atoms with Crippen LogP contribution in [0.15, 0.2) is 40.7 Å². The topological polar surface area (TPSA) is 61.9 Å². The molecule has 0 aliphatic heterocycles. The molecule has 0 amide bonds. The minimum absolute atomic E-state index is 0.0872. The summed E-state index contributed by atoms with van der Waals surface area (Å²) in [5.41, 5.74) is 1.45. The summed E-state index contributed by atoms with van der Waals surface area (Å²) in [6.45, 7) is 0.434. The van der Waals surface area contributed by atoms with Gasteiger partial charge in [0, 0.05) is 7.05 Å². The number of thioether (sulfide) groups is 1. The predicted octanol–water partition coefficient (Wildman–Crippen LogP) is 1.91. The highest BCUT2D eigenvalue weighted by Gasteiger charge is 2.11. The molecule has 22 heavy (non-hydrogen) atoms. The number of hydrogen-bond acceptors (Lipinski definition) is 5. The summed E-state index contributed by atoms with van der Waals surface area (Å²) >= 11 is 1.57. The Labute approximate surface area is 131 Å². The quantitative estimate of drug-likeness (QED) is 0.688. The Hall–Kier alpha value is -2.28. The first kappa shape index (κ1) is 14.6. The van der Waals surface area contributed by atoms with Crippen LogP contribution in [-0.2, 0) is 13.6 Å². The number of methoxy groups -OCH3 is 1. The van der Waals surface area contributed by atoms with E-state index in [2.05, 4.69) is 9.97 Å². The summed E-state index contributed by atoms with van der Waals surface area (Å²) in [6.07, 6.45) is 5.31. The van der Waals surface area contributed by atoms with Crippen molar-refractivity contribution in [3.63, 3.8) is 0 Å². The van der Waals surface area contributed by atoms with Crippen molar-refractivity contribution in [2.24, 2.45) is 7.05 Å². The summed E-state index contributed by atoms with van der Waals surface area (Å²) in [6, 6.07) is 5.36. The second kappa shape index (κ2) is 5.84. The van der Waals surface area contributed by atoms with Gasteiger partial charge in [0.05, 0.1) is 37.3 Å². The number of fused-ring (bicyclic) bond motifs is 1. The molecule has 0 radical (unpaired) electrons. The van der Waals surface area contributed by atoms with Crippen LogP contribution in [-0.4, -0.2) is 32.5 Å². The zero-order valence-electron chi connectivity index (χ0n) is 12.6. The Morgan fingerprint density at radius 1 is 1.32 bits per heavy atom. The summed E-state index contributed by atoms with van der Waals surface area (Å²) in [5.74, 6) is 0.604. The summed E-state index contributed by atoms with van der Waals surface area (Å²) in [7, 11) is 3.51. The van der Waals surface area contributed by atoms with E-state index in [0.29, 0.717) is 23.2 Å². The van der Waals surface area contributed by atoms with Gasteiger partial charge in [-0.05, 0) is 18.4 Å². The lowest BCUT2D eigenvalue weighted by atomic mass is 10.2. The number of hydrogen-bond donors (Lipinski definition) is 0. The van der Waals surface area contributed by atoms with Gasteiger partial charge < -0.3 is 9.30 Å². The molecular weight excluding hydrogens is 300 g/mol. The fourth-order valence-corrected chi connectivity index (χ4v) is 2.93. The third-order valence-electron chi connectivity index (χ3n) is 3.59. The van der Waals surface area contributed by atoms with Crippen LogP contribution in [0, 0.1) is 0 Å². The molecule has 3 rings (SSSR count). The molecule has 3 aromatic rings. The second-order valence-electron chi connectivity index (χ2n) is 4.83. The van der Waals surface area contributed by atoms with Crippen LogP contribution in [0.1, 0.15) is 5.69 Å². The predicted molar refractivity (Wildman–Crippen MR) is 86.6 cm³/mol. The van der Waals surface area contributed by atoms with E-state index in [1.54, 1.807) is 54.2 Å². The molecule has 0 unspecified atom stereocenters. The van der Waals surface area contributed by atoms with E-state index < -0.39 is 0 Å². The molecule has 0 saturated heterocycles. The highest BCUT2D eigenvalue weighted by atomic mass is 32.2. The fraction of sp³-hybridized carbons (Fsp3) is 0.267. The van der Waals surface area contributed by atoms with Crippen molar-refractivity contribution in [2.75, 3.05) is 13.4 Å². The van der Waals surface area contributed by atoms with E-state index in [9.17, 15) is 4.79 Å². The molecule has 0 aliphatic rings. The number of rotatable bonds is 4. The Morgan fingerprint density at radius 3 is 2.82 bits per heavy atom. The maximum Gasteiger partial charge on any atom is 0.261 e. The number of para-hydroxylation sites is 1. The average molecular weight is 316 g/mol. The normalized spacial score (nSPS) is 11.0. The van der Waals surface area contributed by atoms with Gasteiger partial charge in [-0.3, -0.25) is 9.36 Å². The van der Waals surface area contributed by atoms with E-state index in [0.717, 1.165) is 10.9 Å². The minimum atomic E-state index is -0.0872. The standard InChI is InChI=1S/C15H16N4O2S/c1-18-10(7-16-15(18)22-3)8-19-9-17-13-11(14(19)20)5-4-6-12(13)21-2/h4-7,9H,8H2,1-3H3. The third-order valence-corrected chi connectivity index (χ3v) is 4.34. The number of aromatic nitrogens is 4. The molecule has 1 aromatic carbocycles. The van der Waals surface area contributed by atoms with Gasteiger partial charge in [-0.25, -0.2) is 9.97 Å². The minimum Gasteiger partial charge on any atom is -0.494 e. The smallest absolute Gasteiger partial charge is 0.261 e. The average Bonchev–Trinajstić information content (AvgIpc) is 2.89. The van der Waals surface area contributed by atoms with Gasteiger partial charge in [0.1, 0.15) is 11.3 Å². The van der Waals surface area contributed by atoms with Crippen LogP contribution in [0.2, 0.25) is 0 Å². The third kappa shape index (κ3) is 2.37. The first-order chi connectivity index (χ1) is 10.7. The first-order valence-corrected chi connectivity index (χ1v) is 7.95. The maximum atomic E-state index is 12.6. The summed E-state index contributed by atoms with van der Waals surface area (Å²) in [5, 5.41) is 1.47. The zero-order valence-corrected chi connectivity index (χ0v) is 13.4. The lowest BCUT2D eigenvalue weighted by molar-refractivity contribution is 0.418. The van der Waals surface area contributed by atoms with Crippen molar-refractivity contribution in [2.45, 2.75) is 11.7 Å². The van der Waals surface area contributed by atoms with E-state index in [-0.39, 0.29) is 5.56 Å².